The second kappa shape index (κ2) is 9.70. The van der Waals surface area contributed by atoms with Gasteiger partial charge in [-0.25, -0.2) is 0 Å². The Morgan fingerprint density at radius 3 is 2.58 bits per heavy atom. The third-order valence-corrected chi connectivity index (χ3v) is 5.70. The highest BCUT2D eigenvalue weighted by atomic mass is 16.5. The molecule has 0 aliphatic carbocycles. The number of piperazine rings is 1. The van der Waals surface area contributed by atoms with Crippen LogP contribution < -0.4 is 14.5 Å². The van der Waals surface area contributed by atoms with Crippen molar-refractivity contribution >= 4 is 0 Å². The maximum atomic E-state index is 10.4. The molecule has 2 saturated heterocycles. The Morgan fingerprint density at radius 2 is 1.88 bits per heavy atom. The first-order valence-corrected chi connectivity index (χ1v) is 10.3. The van der Waals surface area contributed by atoms with Gasteiger partial charge in [0.1, 0.15) is 63.8 Å². The molecule has 0 bridgehead atoms. The van der Waals surface area contributed by atoms with Crippen LogP contribution in [-0.2, 0) is 4.74 Å². The molecule has 2 atom stereocenters. The van der Waals surface area contributed by atoms with E-state index < -0.39 is 6.10 Å². The van der Waals surface area contributed by atoms with Gasteiger partial charge in [0, 0.05) is 6.61 Å². The van der Waals surface area contributed by atoms with Gasteiger partial charge in [-0.2, -0.15) is 0 Å². The van der Waals surface area contributed by atoms with E-state index in [0.29, 0.717) is 18.6 Å². The second-order valence-electron chi connectivity index (χ2n) is 8.20. The number of ether oxygens (including phenoxy) is 2. The molecule has 1 aromatic rings. The first-order valence-electron chi connectivity index (χ1n) is 10.3. The highest BCUT2D eigenvalue weighted by Gasteiger charge is 2.28. The van der Waals surface area contributed by atoms with Gasteiger partial charge in [0.2, 0.25) is 0 Å². The molecule has 5 heteroatoms. The smallest absolute Gasteiger partial charge is 0.137 e. The van der Waals surface area contributed by atoms with E-state index in [1.807, 2.05) is 18.2 Å². The molecular weight excluding hydrogens is 328 g/mol. The predicted octanol–water partition coefficient (Wildman–Crippen LogP) is -0.488. The van der Waals surface area contributed by atoms with Crippen LogP contribution in [0.25, 0.3) is 0 Å². The van der Waals surface area contributed by atoms with Crippen molar-refractivity contribution in [3.05, 3.63) is 29.8 Å². The number of hydrogen-bond donors (Lipinski definition) is 3. The van der Waals surface area contributed by atoms with Crippen LogP contribution in [0.3, 0.4) is 0 Å². The number of quaternary nitrogens is 2. The quantitative estimate of drug-likeness (QED) is 0.584. The van der Waals surface area contributed by atoms with E-state index in [1.165, 1.54) is 36.4 Å². The number of aliphatic hydroxyl groups is 1. The zero-order valence-corrected chi connectivity index (χ0v) is 16.4. The maximum absolute atomic E-state index is 10.4. The summed E-state index contributed by atoms with van der Waals surface area (Å²) in [7, 11) is 0. The number of rotatable bonds is 8. The molecule has 5 nitrogen and oxygen atoms in total. The van der Waals surface area contributed by atoms with Crippen molar-refractivity contribution in [2.24, 2.45) is 0 Å². The molecule has 0 spiro atoms. The minimum Gasteiger partial charge on any atom is -0.490 e. The van der Waals surface area contributed by atoms with Crippen molar-refractivity contribution in [3.8, 4) is 5.75 Å². The summed E-state index contributed by atoms with van der Waals surface area (Å²) in [6.07, 6.45) is 2.52. The largest absolute Gasteiger partial charge is 0.490 e. The van der Waals surface area contributed by atoms with Crippen molar-refractivity contribution in [1.29, 1.82) is 0 Å². The molecule has 146 valence electrons. The summed E-state index contributed by atoms with van der Waals surface area (Å²) in [5.74, 6) is 1.33. The van der Waals surface area contributed by atoms with Crippen LogP contribution in [0.5, 0.6) is 5.75 Å². The molecule has 0 amide bonds. The fraction of sp³-hybridized carbons (Fsp3) is 0.714. The molecule has 2 heterocycles. The average molecular weight is 365 g/mol. The van der Waals surface area contributed by atoms with Crippen LogP contribution >= 0.6 is 0 Å². The van der Waals surface area contributed by atoms with E-state index >= 15 is 0 Å². The summed E-state index contributed by atoms with van der Waals surface area (Å²) in [6.45, 7) is 12.2. The lowest BCUT2D eigenvalue weighted by molar-refractivity contribution is -1.01. The molecule has 2 aliphatic rings. The molecule has 2 fully saturated rings. The first kappa shape index (κ1) is 19.6. The summed E-state index contributed by atoms with van der Waals surface area (Å²) in [4.78, 5) is 3.16. The lowest BCUT2D eigenvalue weighted by Crippen LogP contribution is -3.28. The highest BCUT2D eigenvalue weighted by Crippen LogP contribution is 2.25. The molecule has 26 heavy (non-hydrogen) atoms. The van der Waals surface area contributed by atoms with Crippen LogP contribution in [0.4, 0.5) is 0 Å². The molecule has 2 aliphatic heterocycles. The zero-order valence-electron chi connectivity index (χ0n) is 16.4. The van der Waals surface area contributed by atoms with Crippen LogP contribution in [0.15, 0.2) is 24.3 Å². The Labute approximate surface area is 157 Å². The molecule has 0 radical (unpaired) electrons. The van der Waals surface area contributed by atoms with Gasteiger partial charge < -0.3 is 24.4 Å². The van der Waals surface area contributed by atoms with Gasteiger partial charge in [0.25, 0.3) is 0 Å². The van der Waals surface area contributed by atoms with Crippen molar-refractivity contribution in [1.82, 2.24) is 0 Å². The fourth-order valence-corrected chi connectivity index (χ4v) is 4.16. The van der Waals surface area contributed by atoms with E-state index in [-0.39, 0.29) is 0 Å². The Kier molecular flexibility index (Phi) is 7.32. The molecule has 1 aromatic carbocycles. The average Bonchev–Trinajstić information content (AvgIpc) is 3.15. The van der Waals surface area contributed by atoms with Crippen molar-refractivity contribution in [3.63, 3.8) is 0 Å². The van der Waals surface area contributed by atoms with E-state index in [2.05, 4.69) is 19.9 Å². The normalized spacial score (nSPS) is 27.6. The molecule has 0 saturated carbocycles. The van der Waals surface area contributed by atoms with Gasteiger partial charge in [0.15, 0.2) is 0 Å². The third-order valence-electron chi connectivity index (χ3n) is 5.70. The van der Waals surface area contributed by atoms with E-state index in [0.717, 1.165) is 38.5 Å². The zero-order chi connectivity index (χ0) is 18.4. The van der Waals surface area contributed by atoms with Crippen molar-refractivity contribution in [2.75, 3.05) is 52.5 Å². The van der Waals surface area contributed by atoms with Crippen molar-refractivity contribution < 1.29 is 24.4 Å². The Balaban J connectivity index is 1.37. The van der Waals surface area contributed by atoms with Crippen LogP contribution in [-0.4, -0.2) is 69.8 Å². The van der Waals surface area contributed by atoms with Gasteiger partial charge >= 0.3 is 0 Å². The van der Waals surface area contributed by atoms with Gasteiger partial charge in [-0.1, -0.05) is 32.0 Å². The van der Waals surface area contributed by atoms with E-state index in [4.69, 9.17) is 9.47 Å². The molecule has 3 rings (SSSR count). The highest BCUT2D eigenvalue weighted by molar-refractivity contribution is 5.35. The lowest BCUT2D eigenvalue weighted by atomic mass is 10.0. The molecular formula is C21H36N2O3+2. The van der Waals surface area contributed by atoms with E-state index in [9.17, 15) is 5.11 Å². The molecule has 3 N–H and O–H groups in total. The number of para-hydroxylation sites is 1. The molecule has 0 aromatic heterocycles. The summed E-state index contributed by atoms with van der Waals surface area (Å²) in [5.41, 5.74) is 1.21. The topological polar surface area (TPSA) is 47.6 Å². The summed E-state index contributed by atoms with van der Waals surface area (Å²) in [6, 6.07) is 8.14. The SMILES string of the molecule is CC(C)c1ccccc1OC[C@H](O)C[NH+]1CC[NH+](C[C@@H]2CCCO2)CC1. The Morgan fingerprint density at radius 1 is 1.15 bits per heavy atom. The van der Waals surface area contributed by atoms with Crippen molar-refractivity contribution in [2.45, 2.75) is 44.8 Å². The minimum atomic E-state index is -0.412. The predicted molar refractivity (Wildman–Crippen MR) is 102 cm³/mol. The monoisotopic (exact) mass is 364 g/mol. The van der Waals surface area contributed by atoms with Gasteiger partial charge in [0.05, 0.1) is 0 Å². The minimum absolute atomic E-state index is 0.375. The second-order valence-corrected chi connectivity index (χ2v) is 8.20. The summed E-state index contributed by atoms with van der Waals surface area (Å²) in [5, 5.41) is 10.4. The van der Waals surface area contributed by atoms with Gasteiger partial charge in [-0.05, 0) is 30.4 Å². The van der Waals surface area contributed by atoms with Gasteiger partial charge in [-0.15, -0.1) is 0 Å². The first-order chi connectivity index (χ1) is 12.6. The third kappa shape index (κ3) is 5.68. The molecule has 0 unspecified atom stereocenters. The lowest BCUT2D eigenvalue weighted by Gasteiger charge is -2.31. The summed E-state index contributed by atoms with van der Waals surface area (Å²) < 4.78 is 11.7. The van der Waals surface area contributed by atoms with Crippen LogP contribution in [0, 0.1) is 0 Å². The fourth-order valence-electron chi connectivity index (χ4n) is 4.16. The summed E-state index contributed by atoms with van der Waals surface area (Å²) >= 11 is 0. The van der Waals surface area contributed by atoms with Crippen LogP contribution in [0.1, 0.15) is 38.2 Å². The number of aliphatic hydroxyl groups excluding tert-OH is 1. The van der Waals surface area contributed by atoms with E-state index in [1.54, 1.807) is 4.90 Å². The number of benzene rings is 1. The Bertz CT molecular complexity index is 538. The standard InChI is InChI=1S/C21H34N2O3/c1-17(2)20-7-3-4-8-21(20)26-16-18(24)14-22-9-11-23(12-10-22)15-19-6-5-13-25-19/h3-4,7-8,17-19,24H,5-6,9-16H2,1-2H3/p+2/t18-,19+/m1/s1. The van der Waals surface area contributed by atoms with Crippen LogP contribution in [0.2, 0.25) is 0 Å². The number of nitrogens with one attached hydrogen (secondary N) is 2. The maximum Gasteiger partial charge on any atom is 0.137 e. The number of hydrogen-bond acceptors (Lipinski definition) is 3. The van der Waals surface area contributed by atoms with Gasteiger partial charge in [-0.3, -0.25) is 0 Å². The Hall–Kier alpha value is -1.14.